The molecule has 11 heteroatoms. The number of amides is 2. The number of methoxy groups -OCH3 is 2. The van der Waals surface area contributed by atoms with Crippen LogP contribution in [0.15, 0.2) is 18.7 Å². The van der Waals surface area contributed by atoms with Crippen LogP contribution in [0.4, 0.5) is 15.4 Å². The highest BCUT2D eigenvalue weighted by Gasteiger charge is 2.36. The molecule has 0 aromatic carbocycles. The molecule has 0 saturated heterocycles. The minimum Gasteiger partial charge on any atom is -0.443 e. The van der Waals surface area contributed by atoms with E-state index in [1.54, 1.807) is 47.7 Å². The van der Waals surface area contributed by atoms with Gasteiger partial charge in [-0.05, 0) is 60.3 Å². The number of imide groups is 1. The number of hydrogen-bond donors (Lipinski definition) is 0. The predicted molar refractivity (Wildman–Crippen MR) is 142 cm³/mol. The monoisotopic (exact) mass is 531 g/mol. The smallest absolute Gasteiger partial charge is 0.425 e. The van der Waals surface area contributed by atoms with Crippen molar-refractivity contribution in [1.82, 2.24) is 19.7 Å². The summed E-state index contributed by atoms with van der Waals surface area (Å²) in [5.74, 6) is 0.630. The van der Waals surface area contributed by atoms with E-state index in [2.05, 4.69) is 15.1 Å². The van der Waals surface area contributed by atoms with Gasteiger partial charge >= 0.3 is 12.2 Å². The van der Waals surface area contributed by atoms with E-state index < -0.39 is 29.7 Å². The highest BCUT2D eigenvalue weighted by Crippen LogP contribution is 2.32. The van der Waals surface area contributed by atoms with Crippen LogP contribution in [-0.2, 0) is 31.9 Å². The first-order valence-corrected chi connectivity index (χ1v) is 13.0. The van der Waals surface area contributed by atoms with Gasteiger partial charge in [-0.1, -0.05) is 12.8 Å². The van der Waals surface area contributed by atoms with Gasteiger partial charge in [0.1, 0.15) is 17.5 Å². The molecule has 2 heterocycles. The number of ether oxygens (including phenoxy) is 4. The molecule has 38 heavy (non-hydrogen) atoms. The van der Waals surface area contributed by atoms with Crippen LogP contribution in [0.5, 0.6) is 0 Å². The van der Waals surface area contributed by atoms with Crippen molar-refractivity contribution in [3.8, 4) is 11.3 Å². The molecule has 2 aromatic rings. The second kappa shape index (κ2) is 12.2. The van der Waals surface area contributed by atoms with Crippen LogP contribution in [-0.4, -0.2) is 63.6 Å². The van der Waals surface area contributed by atoms with Gasteiger partial charge in [0.25, 0.3) is 0 Å². The SMILES string of the molecule is COC(Cc1c(-c2cnn(CC3CCCC3)c2)ncnc1N(C(=O)OC(C)(C)C)C(=O)OC(C)(C)C)OC. The molecule has 0 radical (unpaired) electrons. The number of carbonyl (C=O) groups excluding carboxylic acids is 2. The standard InChI is InChI=1S/C27H41N5O6/c1-26(2,3)37-24(33)32(25(34)38-27(4,5)6)23-20(13-21(35-7)36-8)22(28-17-29-23)19-14-30-31(16-19)15-18-11-9-10-12-18/h14,16-18,21H,9-13,15H2,1-8H3. The molecule has 11 nitrogen and oxygen atoms in total. The summed E-state index contributed by atoms with van der Waals surface area (Å²) in [5, 5.41) is 4.56. The lowest BCUT2D eigenvalue weighted by Gasteiger charge is -2.29. The second-order valence-corrected chi connectivity index (χ2v) is 11.5. The van der Waals surface area contributed by atoms with E-state index in [9.17, 15) is 9.59 Å². The van der Waals surface area contributed by atoms with Gasteiger partial charge in [-0.3, -0.25) is 4.68 Å². The maximum absolute atomic E-state index is 13.4. The van der Waals surface area contributed by atoms with Crippen LogP contribution in [0.2, 0.25) is 0 Å². The lowest BCUT2D eigenvalue weighted by atomic mass is 10.1. The first-order chi connectivity index (χ1) is 17.8. The Morgan fingerprint density at radius 2 is 1.58 bits per heavy atom. The van der Waals surface area contributed by atoms with Crippen LogP contribution in [0.3, 0.4) is 0 Å². The first-order valence-electron chi connectivity index (χ1n) is 13.0. The van der Waals surface area contributed by atoms with Crippen molar-refractivity contribution < 1.29 is 28.5 Å². The third kappa shape index (κ3) is 7.97. The summed E-state index contributed by atoms with van der Waals surface area (Å²) in [6.45, 7) is 11.1. The van der Waals surface area contributed by atoms with Crippen molar-refractivity contribution in [2.75, 3.05) is 19.1 Å². The minimum atomic E-state index is -0.916. The van der Waals surface area contributed by atoms with Gasteiger partial charge in [-0.2, -0.15) is 10.00 Å². The van der Waals surface area contributed by atoms with Gasteiger partial charge in [0.15, 0.2) is 12.1 Å². The van der Waals surface area contributed by atoms with Gasteiger partial charge in [-0.25, -0.2) is 19.6 Å². The Kier molecular flexibility index (Phi) is 9.48. The van der Waals surface area contributed by atoms with Crippen LogP contribution >= 0.6 is 0 Å². The average Bonchev–Trinajstić information content (AvgIpc) is 3.48. The lowest BCUT2D eigenvalue weighted by molar-refractivity contribution is -0.100. The third-order valence-corrected chi connectivity index (χ3v) is 6.01. The third-order valence-electron chi connectivity index (χ3n) is 6.01. The largest absolute Gasteiger partial charge is 0.443 e. The molecule has 3 rings (SSSR count). The molecule has 0 N–H and O–H groups in total. The summed E-state index contributed by atoms with van der Waals surface area (Å²) in [4.78, 5) is 36.4. The van der Waals surface area contributed by atoms with Crippen molar-refractivity contribution in [2.45, 2.75) is 97.7 Å². The summed E-state index contributed by atoms with van der Waals surface area (Å²) in [6.07, 6.45) is 7.47. The quantitative estimate of drug-likeness (QED) is 0.414. The van der Waals surface area contributed by atoms with E-state index >= 15 is 0 Å². The maximum Gasteiger partial charge on any atom is 0.425 e. The van der Waals surface area contributed by atoms with E-state index in [1.807, 2.05) is 10.9 Å². The number of rotatable bonds is 8. The Hall–Kier alpha value is -3.05. The van der Waals surface area contributed by atoms with Crippen molar-refractivity contribution in [1.29, 1.82) is 0 Å². The minimum absolute atomic E-state index is 0.0288. The normalized spacial score (nSPS) is 14.7. The van der Waals surface area contributed by atoms with Gasteiger partial charge in [0.2, 0.25) is 0 Å². The molecule has 0 bridgehead atoms. The number of anilines is 1. The molecular formula is C27H41N5O6. The van der Waals surface area contributed by atoms with Crippen LogP contribution in [0.1, 0.15) is 72.8 Å². The molecule has 2 aromatic heterocycles. The van der Waals surface area contributed by atoms with Gasteiger partial charge in [0, 0.05) is 44.5 Å². The molecule has 0 atom stereocenters. The van der Waals surface area contributed by atoms with Gasteiger partial charge < -0.3 is 18.9 Å². The summed E-state index contributed by atoms with van der Waals surface area (Å²) >= 11 is 0. The molecule has 0 spiro atoms. The van der Waals surface area contributed by atoms with Crippen molar-refractivity contribution in [2.24, 2.45) is 5.92 Å². The van der Waals surface area contributed by atoms with Crippen LogP contribution < -0.4 is 4.90 Å². The molecule has 0 unspecified atom stereocenters. The molecule has 1 saturated carbocycles. The number of nitrogens with zero attached hydrogens (tertiary/aromatic N) is 5. The second-order valence-electron chi connectivity index (χ2n) is 11.5. The lowest BCUT2D eigenvalue weighted by Crippen LogP contribution is -2.45. The van der Waals surface area contributed by atoms with Crippen molar-refractivity contribution in [3.05, 3.63) is 24.3 Å². The maximum atomic E-state index is 13.4. The van der Waals surface area contributed by atoms with Gasteiger partial charge in [0.05, 0.1) is 11.9 Å². The summed E-state index contributed by atoms with van der Waals surface area (Å²) in [7, 11) is 3.02. The topological polar surface area (TPSA) is 118 Å². The number of aromatic nitrogens is 4. The first kappa shape index (κ1) is 29.5. The Morgan fingerprint density at radius 3 is 2.11 bits per heavy atom. The molecule has 210 valence electrons. The highest BCUT2D eigenvalue weighted by molar-refractivity contribution is 6.09. The van der Waals surface area contributed by atoms with Crippen molar-refractivity contribution >= 4 is 18.0 Å². The zero-order valence-electron chi connectivity index (χ0n) is 23.8. The molecule has 1 fully saturated rings. The summed E-state index contributed by atoms with van der Waals surface area (Å²) in [5.41, 5.74) is -0.0460. The fourth-order valence-electron chi connectivity index (χ4n) is 4.37. The molecule has 0 aliphatic heterocycles. The Bertz CT molecular complexity index is 1070. The molecular weight excluding hydrogens is 490 g/mol. The van der Waals surface area contributed by atoms with E-state index in [-0.39, 0.29) is 12.2 Å². The average molecular weight is 532 g/mol. The molecule has 2 amide bonds. The van der Waals surface area contributed by atoms with Gasteiger partial charge in [-0.15, -0.1) is 0 Å². The number of hydrogen-bond acceptors (Lipinski definition) is 9. The van der Waals surface area contributed by atoms with E-state index in [0.29, 0.717) is 17.2 Å². The highest BCUT2D eigenvalue weighted by atomic mass is 16.7. The molecule has 1 aliphatic carbocycles. The van der Waals surface area contributed by atoms with Crippen LogP contribution in [0, 0.1) is 5.92 Å². The molecule has 1 aliphatic rings. The fourth-order valence-corrected chi connectivity index (χ4v) is 4.37. The number of carbonyl (C=O) groups is 2. The van der Waals surface area contributed by atoms with E-state index in [1.165, 1.54) is 46.2 Å². The Morgan fingerprint density at radius 1 is 1.00 bits per heavy atom. The van der Waals surface area contributed by atoms with Crippen molar-refractivity contribution in [3.63, 3.8) is 0 Å². The predicted octanol–water partition coefficient (Wildman–Crippen LogP) is 5.37. The summed E-state index contributed by atoms with van der Waals surface area (Å²) in [6, 6.07) is 0. The van der Waals surface area contributed by atoms with Crippen LogP contribution in [0.25, 0.3) is 11.3 Å². The zero-order chi connectivity index (χ0) is 28.1. The van der Waals surface area contributed by atoms with E-state index in [0.717, 1.165) is 17.0 Å². The fraction of sp³-hybridized carbons (Fsp3) is 0.667. The summed E-state index contributed by atoms with van der Waals surface area (Å²) < 4.78 is 24.0. The zero-order valence-corrected chi connectivity index (χ0v) is 23.8. The van der Waals surface area contributed by atoms with E-state index in [4.69, 9.17) is 18.9 Å². The Labute approximate surface area is 224 Å². The Balaban J connectivity index is 2.11.